The molecule has 12 heavy (non-hydrogen) atoms. The lowest BCUT2D eigenvalue weighted by Gasteiger charge is -2.05. The molecule has 0 saturated heterocycles. The summed E-state index contributed by atoms with van der Waals surface area (Å²) in [4.78, 5) is 18.5. The summed E-state index contributed by atoms with van der Waals surface area (Å²) in [7, 11) is -3.67. The number of carbonyl (C=O) groups excluding carboxylic acids is 1. The van der Waals surface area contributed by atoms with E-state index in [2.05, 4.69) is 9.78 Å². The summed E-state index contributed by atoms with van der Waals surface area (Å²) in [5, 5.41) is 2.60. The van der Waals surface area contributed by atoms with Crippen molar-refractivity contribution in [3.63, 3.8) is 0 Å². The van der Waals surface area contributed by atoms with Crippen molar-refractivity contribution in [3.8, 4) is 0 Å². The summed E-state index contributed by atoms with van der Waals surface area (Å²) in [5.41, 5.74) is 0. The van der Waals surface area contributed by atoms with Crippen molar-refractivity contribution in [3.05, 3.63) is 0 Å². The van der Waals surface area contributed by atoms with E-state index in [1.54, 1.807) is 0 Å². The Bertz CT molecular complexity index is 212. The number of unbranched alkanes of at least 4 members (excludes halogenated alkanes) is 2. The van der Waals surface area contributed by atoms with Gasteiger partial charge in [-0.3, -0.25) is 0 Å². The first-order valence-corrected chi connectivity index (χ1v) is 5.46. The van der Waals surface area contributed by atoms with Gasteiger partial charge in [-0.1, -0.05) is 19.8 Å². The van der Waals surface area contributed by atoms with E-state index in [4.69, 9.17) is 4.89 Å². The zero-order chi connectivity index (χ0) is 9.45. The first-order valence-electron chi connectivity index (χ1n) is 3.70. The smallest absolute Gasteiger partial charge is 0.314 e. The molecule has 0 heterocycles. The second kappa shape index (κ2) is 5.95. The Morgan fingerprint density at radius 1 is 1.58 bits per heavy atom. The molecule has 1 unspecified atom stereocenters. The highest BCUT2D eigenvalue weighted by Gasteiger charge is 2.19. The van der Waals surface area contributed by atoms with Crippen LogP contribution in [0.5, 0.6) is 0 Å². The van der Waals surface area contributed by atoms with Gasteiger partial charge in [-0.25, -0.2) is 9.36 Å². The summed E-state index contributed by atoms with van der Waals surface area (Å²) in [5.74, 6) is 0. The molecule has 0 aromatic carbocycles. The second-order valence-electron chi connectivity index (χ2n) is 2.33. The minimum atomic E-state index is -3.67. The van der Waals surface area contributed by atoms with Gasteiger partial charge in [-0.2, -0.15) is 0 Å². The van der Waals surface area contributed by atoms with Crippen LogP contribution in [0.4, 0.5) is 0 Å². The molecule has 0 amide bonds. The van der Waals surface area contributed by atoms with E-state index >= 15 is 0 Å². The summed E-state index contributed by atoms with van der Waals surface area (Å²) in [6, 6.07) is 0. The van der Waals surface area contributed by atoms with Crippen LogP contribution in [0.1, 0.15) is 26.2 Å². The van der Waals surface area contributed by atoms with E-state index in [0.717, 1.165) is 18.9 Å². The monoisotopic (exact) mass is 193 g/mol. The number of isocyanates is 1. The molecule has 5 nitrogen and oxygen atoms in total. The molecule has 1 N–H and O–H groups in total. The van der Waals surface area contributed by atoms with Crippen molar-refractivity contribution in [2.45, 2.75) is 26.2 Å². The van der Waals surface area contributed by atoms with Crippen LogP contribution >= 0.6 is 7.60 Å². The normalized spacial score (nSPS) is 14.5. The van der Waals surface area contributed by atoms with Gasteiger partial charge >= 0.3 is 7.60 Å². The van der Waals surface area contributed by atoms with Crippen LogP contribution < -0.4 is 0 Å². The van der Waals surface area contributed by atoms with Crippen molar-refractivity contribution in [2.24, 2.45) is 5.16 Å². The van der Waals surface area contributed by atoms with Crippen molar-refractivity contribution in [2.75, 3.05) is 6.16 Å². The average Bonchev–Trinajstić information content (AvgIpc) is 2.01. The zero-order valence-corrected chi connectivity index (χ0v) is 7.79. The molecule has 1 atom stereocenters. The van der Waals surface area contributed by atoms with Crippen LogP contribution in [0.25, 0.3) is 0 Å². The number of nitrogens with zero attached hydrogens (tertiary/aromatic N) is 1. The van der Waals surface area contributed by atoms with Gasteiger partial charge in [-0.05, 0) is 6.42 Å². The summed E-state index contributed by atoms with van der Waals surface area (Å²) < 4.78 is 14.9. The van der Waals surface area contributed by atoms with E-state index in [9.17, 15) is 9.36 Å². The van der Waals surface area contributed by atoms with Crippen LogP contribution in [-0.2, 0) is 14.0 Å². The minimum absolute atomic E-state index is 0.0337. The molecule has 70 valence electrons. The predicted octanol–water partition coefficient (Wildman–Crippen LogP) is 1.63. The van der Waals surface area contributed by atoms with E-state index in [-0.39, 0.29) is 6.16 Å². The summed E-state index contributed by atoms with van der Waals surface area (Å²) in [6.45, 7) is 1.98. The maximum Gasteiger partial charge on any atom is 0.398 e. The average molecular weight is 193 g/mol. The molecule has 0 aromatic heterocycles. The van der Waals surface area contributed by atoms with Crippen LogP contribution in [-0.4, -0.2) is 17.1 Å². The van der Waals surface area contributed by atoms with Gasteiger partial charge < -0.3 is 9.52 Å². The highest BCUT2D eigenvalue weighted by molar-refractivity contribution is 7.52. The Hall–Kier alpha value is -0.630. The largest absolute Gasteiger partial charge is 0.398 e. The molecule has 0 radical (unpaired) electrons. The third-order valence-electron chi connectivity index (χ3n) is 1.25. The molecule has 0 rings (SSSR count). The fraction of sp³-hybridized carbons (Fsp3) is 0.833. The molecular formula is C6H12NO4P. The molecule has 0 aliphatic carbocycles. The Labute approximate surface area is 70.9 Å². The molecule has 0 aliphatic rings. The van der Waals surface area contributed by atoms with Gasteiger partial charge in [0.2, 0.25) is 0 Å². The Kier molecular flexibility index (Phi) is 5.64. The third kappa shape index (κ3) is 6.10. The predicted molar refractivity (Wildman–Crippen MR) is 43.4 cm³/mol. The van der Waals surface area contributed by atoms with E-state index in [1.165, 1.54) is 0 Å². The van der Waals surface area contributed by atoms with Crippen LogP contribution in [0.2, 0.25) is 0 Å². The standard InChI is InChI=1S/C6H12NO4P/c1-2-3-4-5-12(9,10)11-7-6-8/h2-5H2,1H3,(H,9,10). The van der Waals surface area contributed by atoms with Crippen LogP contribution in [0.15, 0.2) is 5.16 Å². The van der Waals surface area contributed by atoms with Crippen LogP contribution in [0, 0.1) is 0 Å². The Balaban J connectivity index is 3.71. The molecule has 0 aliphatic heterocycles. The highest BCUT2D eigenvalue weighted by atomic mass is 31.2. The molecule has 0 bridgehead atoms. The number of rotatable bonds is 6. The molecular weight excluding hydrogens is 181 g/mol. The van der Waals surface area contributed by atoms with Gasteiger partial charge in [0.05, 0.1) is 6.16 Å². The zero-order valence-electron chi connectivity index (χ0n) is 6.89. The van der Waals surface area contributed by atoms with Gasteiger partial charge in [0.25, 0.3) is 6.08 Å². The Morgan fingerprint density at radius 2 is 2.25 bits per heavy atom. The topological polar surface area (TPSA) is 76.0 Å². The molecule has 6 heteroatoms. The quantitative estimate of drug-likeness (QED) is 0.228. The molecule has 0 saturated carbocycles. The fourth-order valence-electron chi connectivity index (χ4n) is 0.683. The van der Waals surface area contributed by atoms with Gasteiger partial charge in [0, 0.05) is 5.16 Å². The first kappa shape index (κ1) is 11.4. The van der Waals surface area contributed by atoms with Crippen LogP contribution in [0.3, 0.4) is 0 Å². The number of hydrogen-bond acceptors (Lipinski definition) is 4. The highest BCUT2D eigenvalue weighted by Crippen LogP contribution is 2.42. The van der Waals surface area contributed by atoms with E-state index < -0.39 is 7.60 Å². The van der Waals surface area contributed by atoms with Crippen molar-refractivity contribution >= 4 is 13.7 Å². The lowest BCUT2D eigenvalue weighted by molar-refractivity contribution is 0.270. The lowest BCUT2D eigenvalue weighted by Crippen LogP contribution is -1.90. The van der Waals surface area contributed by atoms with E-state index in [1.807, 2.05) is 6.92 Å². The summed E-state index contributed by atoms with van der Waals surface area (Å²) >= 11 is 0. The van der Waals surface area contributed by atoms with Gasteiger partial charge in [0.15, 0.2) is 0 Å². The third-order valence-corrected chi connectivity index (χ3v) is 2.47. The van der Waals surface area contributed by atoms with Gasteiger partial charge in [-0.15, -0.1) is 0 Å². The molecule has 0 spiro atoms. The van der Waals surface area contributed by atoms with Gasteiger partial charge in [0.1, 0.15) is 0 Å². The minimum Gasteiger partial charge on any atom is -0.314 e. The first-order chi connectivity index (χ1) is 5.62. The Morgan fingerprint density at radius 3 is 2.75 bits per heavy atom. The van der Waals surface area contributed by atoms with Crippen molar-refractivity contribution < 1.29 is 18.9 Å². The molecule has 0 fully saturated rings. The van der Waals surface area contributed by atoms with Crippen molar-refractivity contribution in [1.82, 2.24) is 0 Å². The SMILES string of the molecule is CCCCCP(=O)(O)ON=C=O. The lowest BCUT2D eigenvalue weighted by atomic mass is 10.3. The summed E-state index contributed by atoms with van der Waals surface area (Å²) in [6.07, 6.45) is 3.48. The second-order valence-corrected chi connectivity index (χ2v) is 4.22. The van der Waals surface area contributed by atoms with E-state index in [0.29, 0.717) is 6.42 Å². The van der Waals surface area contributed by atoms with Crippen molar-refractivity contribution in [1.29, 1.82) is 0 Å². The maximum atomic E-state index is 10.9. The fourth-order valence-corrected chi connectivity index (χ4v) is 1.55. The number of hydrogen-bond donors (Lipinski definition) is 1. The maximum absolute atomic E-state index is 10.9. The molecule has 0 aromatic rings.